The first kappa shape index (κ1) is 21.4. The summed E-state index contributed by atoms with van der Waals surface area (Å²) in [5, 5.41) is 6.77. The van der Waals surface area contributed by atoms with Crippen LogP contribution in [0, 0.1) is 0 Å². The molecular formula is C23H18F3N3O3. The van der Waals surface area contributed by atoms with Crippen LogP contribution in [-0.2, 0) is 21.3 Å². The number of urea groups is 1. The molecule has 4 rings (SSSR count). The Morgan fingerprint density at radius 1 is 1.00 bits per heavy atom. The topological polar surface area (TPSA) is 78.5 Å². The van der Waals surface area contributed by atoms with Crippen LogP contribution in [0.2, 0.25) is 0 Å². The van der Waals surface area contributed by atoms with Crippen LogP contribution in [0.15, 0.2) is 66.7 Å². The van der Waals surface area contributed by atoms with Crippen molar-refractivity contribution < 1.29 is 27.6 Å². The molecule has 1 fully saturated rings. The number of halogens is 3. The van der Waals surface area contributed by atoms with Crippen molar-refractivity contribution in [2.45, 2.75) is 18.6 Å². The maximum atomic E-state index is 13.1. The molecule has 2 N–H and O–H groups in total. The Labute approximate surface area is 181 Å². The summed E-state index contributed by atoms with van der Waals surface area (Å²) in [5.74, 6) is -1.42. The molecule has 4 amide bonds. The maximum absolute atomic E-state index is 13.1. The molecule has 6 nitrogen and oxygen atoms in total. The summed E-state index contributed by atoms with van der Waals surface area (Å²) >= 11 is 0. The van der Waals surface area contributed by atoms with Gasteiger partial charge in [0.25, 0.3) is 5.91 Å². The minimum atomic E-state index is -4.56. The molecule has 0 spiro atoms. The lowest BCUT2D eigenvalue weighted by Gasteiger charge is -2.22. The number of hydrogen-bond acceptors (Lipinski definition) is 3. The fraction of sp³-hybridized carbons (Fsp3) is 0.174. The number of alkyl halides is 3. The second-order valence-corrected chi connectivity index (χ2v) is 7.64. The van der Waals surface area contributed by atoms with Gasteiger partial charge in [0.05, 0.1) is 5.56 Å². The monoisotopic (exact) mass is 441 g/mol. The van der Waals surface area contributed by atoms with Crippen molar-refractivity contribution >= 4 is 34.3 Å². The predicted octanol–water partition coefficient (Wildman–Crippen LogP) is 4.26. The number of imide groups is 1. The quantitative estimate of drug-likeness (QED) is 0.594. The number of benzene rings is 3. The lowest BCUT2D eigenvalue weighted by molar-refractivity contribution is -0.137. The van der Waals surface area contributed by atoms with E-state index in [4.69, 9.17) is 0 Å². The normalized spacial score (nSPS) is 18.7. The molecular weight excluding hydrogens is 423 g/mol. The van der Waals surface area contributed by atoms with Gasteiger partial charge in [0, 0.05) is 5.69 Å². The molecule has 32 heavy (non-hydrogen) atoms. The van der Waals surface area contributed by atoms with Crippen molar-refractivity contribution in [3.63, 3.8) is 0 Å². The largest absolute Gasteiger partial charge is 0.416 e. The minimum Gasteiger partial charge on any atom is -0.325 e. The number of fused-ring (bicyclic) bond motifs is 1. The molecule has 0 aromatic heterocycles. The number of carbonyl (C=O) groups is 3. The molecule has 1 aliphatic rings. The second-order valence-electron chi connectivity index (χ2n) is 7.64. The summed E-state index contributed by atoms with van der Waals surface area (Å²) in [6.07, 6.45) is -4.56. The van der Waals surface area contributed by atoms with Gasteiger partial charge in [-0.25, -0.2) is 4.79 Å². The maximum Gasteiger partial charge on any atom is 0.416 e. The average molecular weight is 441 g/mol. The third kappa shape index (κ3) is 3.89. The Kier molecular flexibility index (Phi) is 5.12. The van der Waals surface area contributed by atoms with E-state index in [9.17, 15) is 27.6 Å². The molecule has 9 heteroatoms. The van der Waals surface area contributed by atoms with Crippen LogP contribution in [0.25, 0.3) is 10.8 Å². The zero-order chi connectivity index (χ0) is 23.1. The van der Waals surface area contributed by atoms with Crippen LogP contribution in [0.4, 0.5) is 23.7 Å². The van der Waals surface area contributed by atoms with E-state index < -0.39 is 41.7 Å². The lowest BCUT2D eigenvalue weighted by atomic mass is 9.90. The third-order valence-electron chi connectivity index (χ3n) is 5.38. The van der Waals surface area contributed by atoms with Crippen molar-refractivity contribution in [2.75, 3.05) is 11.9 Å². The highest BCUT2D eigenvalue weighted by Crippen LogP contribution is 2.32. The Hall–Kier alpha value is -3.88. The number of rotatable bonds is 4. The highest BCUT2D eigenvalue weighted by atomic mass is 19.4. The second kappa shape index (κ2) is 7.67. The van der Waals surface area contributed by atoms with Gasteiger partial charge < -0.3 is 10.6 Å². The Balaban J connectivity index is 1.52. The summed E-state index contributed by atoms with van der Waals surface area (Å²) in [6, 6.07) is 16.2. The fourth-order valence-corrected chi connectivity index (χ4v) is 3.65. The van der Waals surface area contributed by atoms with Gasteiger partial charge in [-0.05, 0) is 47.5 Å². The zero-order valence-corrected chi connectivity index (χ0v) is 16.9. The minimum absolute atomic E-state index is 0.0887. The number of anilines is 1. The molecule has 3 aromatic rings. The molecule has 0 bridgehead atoms. The number of amides is 4. The number of nitrogens with one attached hydrogen (secondary N) is 2. The molecule has 0 unspecified atom stereocenters. The van der Waals surface area contributed by atoms with Gasteiger partial charge in [0.15, 0.2) is 0 Å². The van der Waals surface area contributed by atoms with Gasteiger partial charge in [0.1, 0.15) is 12.1 Å². The number of nitrogens with zero attached hydrogens (tertiary/aromatic N) is 1. The third-order valence-corrected chi connectivity index (χ3v) is 5.38. The Bertz CT molecular complexity index is 1240. The molecule has 0 saturated carbocycles. The van der Waals surface area contributed by atoms with E-state index in [0.717, 1.165) is 33.9 Å². The van der Waals surface area contributed by atoms with Crippen LogP contribution in [0.1, 0.15) is 18.1 Å². The van der Waals surface area contributed by atoms with E-state index in [0.29, 0.717) is 5.56 Å². The van der Waals surface area contributed by atoms with E-state index in [-0.39, 0.29) is 5.69 Å². The standard InChI is InChI=1S/C23H18F3N3O3/c1-22(16-10-9-14-5-2-3-6-15(14)11-16)20(31)29(21(32)28-22)13-19(30)27-18-8-4-7-17(12-18)23(24,25)26/h2-12H,13H2,1H3,(H,27,30)(H,28,32)/t22-/m1/s1. The highest BCUT2D eigenvalue weighted by Gasteiger charge is 2.49. The zero-order valence-electron chi connectivity index (χ0n) is 16.9. The van der Waals surface area contributed by atoms with E-state index in [1.807, 2.05) is 30.3 Å². The molecule has 1 saturated heterocycles. The summed E-state index contributed by atoms with van der Waals surface area (Å²) in [5.41, 5.74) is -1.84. The molecule has 1 aliphatic heterocycles. The van der Waals surface area contributed by atoms with Gasteiger partial charge in [0.2, 0.25) is 5.91 Å². The van der Waals surface area contributed by atoms with Crippen LogP contribution in [0.5, 0.6) is 0 Å². The van der Waals surface area contributed by atoms with Gasteiger partial charge >= 0.3 is 12.2 Å². The Morgan fingerprint density at radius 2 is 1.72 bits per heavy atom. The van der Waals surface area contributed by atoms with E-state index >= 15 is 0 Å². The first-order valence-corrected chi connectivity index (χ1v) is 9.68. The molecule has 3 aromatic carbocycles. The van der Waals surface area contributed by atoms with E-state index in [2.05, 4.69) is 10.6 Å². The van der Waals surface area contributed by atoms with Gasteiger partial charge in [-0.3, -0.25) is 14.5 Å². The Morgan fingerprint density at radius 3 is 2.44 bits per heavy atom. The molecule has 164 valence electrons. The predicted molar refractivity (Wildman–Crippen MR) is 112 cm³/mol. The summed E-state index contributed by atoms with van der Waals surface area (Å²) in [6.45, 7) is 0.909. The SMILES string of the molecule is C[C@]1(c2ccc3ccccc3c2)NC(=O)N(CC(=O)Nc2cccc(C(F)(F)F)c2)C1=O. The number of carbonyl (C=O) groups excluding carboxylic acids is 3. The molecule has 1 heterocycles. The van der Waals surface area contributed by atoms with Crippen molar-refractivity contribution in [3.8, 4) is 0 Å². The van der Waals surface area contributed by atoms with Crippen LogP contribution in [0.3, 0.4) is 0 Å². The first-order chi connectivity index (χ1) is 15.1. The van der Waals surface area contributed by atoms with Crippen molar-refractivity contribution in [2.24, 2.45) is 0 Å². The highest BCUT2D eigenvalue weighted by molar-refractivity contribution is 6.10. The average Bonchev–Trinajstić information content (AvgIpc) is 2.97. The van der Waals surface area contributed by atoms with Crippen LogP contribution in [-0.4, -0.2) is 29.3 Å². The molecule has 1 atom stereocenters. The summed E-state index contributed by atoms with van der Waals surface area (Å²) < 4.78 is 38.6. The van der Waals surface area contributed by atoms with Gasteiger partial charge in [-0.15, -0.1) is 0 Å². The first-order valence-electron chi connectivity index (χ1n) is 9.68. The van der Waals surface area contributed by atoms with Gasteiger partial charge in [-0.2, -0.15) is 13.2 Å². The molecule has 0 aliphatic carbocycles. The lowest BCUT2D eigenvalue weighted by Crippen LogP contribution is -2.42. The van der Waals surface area contributed by atoms with Crippen LogP contribution >= 0.6 is 0 Å². The van der Waals surface area contributed by atoms with Crippen LogP contribution < -0.4 is 10.6 Å². The fourth-order valence-electron chi connectivity index (χ4n) is 3.65. The van der Waals surface area contributed by atoms with Crippen molar-refractivity contribution in [3.05, 3.63) is 77.9 Å². The molecule has 0 radical (unpaired) electrons. The summed E-state index contributed by atoms with van der Waals surface area (Å²) in [4.78, 5) is 38.7. The number of hydrogen-bond donors (Lipinski definition) is 2. The van der Waals surface area contributed by atoms with E-state index in [1.165, 1.54) is 6.07 Å². The smallest absolute Gasteiger partial charge is 0.325 e. The van der Waals surface area contributed by atoms with Crippen molar-refractivity contribution in [1.82, 2.24) is 10.2 Å². The van der Waals surface area contributed by atoms with Gasteiger partial charge in [-0.1, -0.05) is 42.5 Å². The summed E-state index contributed by atoms with van der Waals surface area (Å²) in [7, 11) is 0. The van der Waals surface area contributed by atoms with Crippen molar-refractivity contribution in [1.29, 1.82) is 0 Å². The van der Waals surface area contributed by atoms with E-state index in [1.54, 1.807) is 19.1 Å².